The Kier molecular flexibility index (Phi) is 2.45. The van der Waals surface area contributed by atoms with Crippen molar-refractivity contribution in [3.63, 3.8) is 0 Å². The highest BCUT2D eigenvalue weighted by Crippen LogP contribution is 2.59. The summed E-state index contributed by atoms with van der Waals surface area (Å²) in [5, 5.41) is 0. The van der Waals surface area contributed by atoms with Crippen molar-refractivity contribution in [3.8, 4) is 0 Å². The number of ketones is 1. The summed E-state index contributed by atoms with van der Waals surface area (Å²) in [6.07, 6.45) is 13.1. The second-order valence-corrected chi connectivity index (χ2v) is 6.89. The Balaban J connectivity index is 2.06. The van der Waals surface area contributed by atoms with Crippen LogP contribution in [-0.2, 0) is 4.79 Å². The summed E-state index contributed by atoms with van der Waals surface area (Å²) >= 11 is 0. The van der Waals surface area contributed by atoms with E-state index < -0.39 is 0 Å². The maximum atomic E-state index is 12.5. The van der Waals surface area contributed by atoms with Crippen molar-refractivity contribution in [3.05, 3.63) is 35.5 Å². The average Bonchev–Trinajstić information content (AvgIpc) is 2.84. The molecule has 0 N–H and O–H groups in total. The van der Waals surface area contributed by atoms with Gasteiger partial charge in [-0.05, 0) is 36.3 Å². The summed E-state index contributed by atoms with van der Waals surface area (Å²) in [5.41, 5.74) is 2.92. The van der Waals surface area contributed by atoms with Crippen LogP contribution in [0.2, 0.25) is 0 Å². The van der Waals surface area contributed by atoms with Gasteiger partial charge < -0.3 is 0 Å². The first-order valence-electron chi connectivity index (χ1n) is 7.08. The van der Waals surface area contributed by atoms with Crippen LogP contribution in [0.25, 0.3) is 0 Å². The molecule has 0 aromatic carbocycles. The van der Waals surface area contributed by atoms with E-state index in [0.717, 1.165) is 12.8 Å². The lowest BCUT2D eigenvalue weighted by molar-refractivity contribution is -0.118. The highest BCUT2D eigenvalue weighted by atomic mass is 16.1. The molecule has 0 aromatic rings. The third-order valence-electron chi connectivity index (χ3n) is 5.18. The van der Waals surface area contributed by atoms with E-state index in [2.05, 4.69) is 39.0 Å². The molecule has 0 unspecified atom stereocenters. The molecular formula is C17H22O. The molecule has 96 valence electrons. The lowest BCUT2D eigenvalue weighted by Gasteiger charge is -2.46. The minimum absolute atomic E-state index is 0.0688. The van der Waals surface area contributed by atoms with Crippen molar-refractivity contribution in [2.75, 3.05) is 0 Å². The van der Waals surface area contributed by atoms with Crippen LogP contribution in [-0.4, -0.2) is 5.78 Å². The van der Waals surface area contributed by atoms with Gasteiger partial charge in [0.05, 0.1) is 5.92 Å². The zero-order valence-corrected chi connectivity index (χ0v) is 11.6. The minimum Gasteiger partial charge on any atom is -0.294 e. The van der Waals surface area contributed by atoms with Crippen LogP contribution >= 0.6 is 0 Å². The van der Waals surface area contributed by atoms with E-state index >= 15 is 0 Å². The number of hydrogen-bond donors (Lipinski definition) is 0. The third-order valence-corrected chi connectivity index (χ3v) is 5.18. The highest BCUT2D eigenvalue weighted by Gasteiger charge is 2.53. The summed E-state index contributed by atoms with van der Waals surface area (Å²) in [5.74, 6) is 0.422. The lowest BCUT2D eigenvalue weighted by atomic mass is 9.58. The van der Waals surface area contributed by atoms with E-state index in [1.807, 2.05) is 6.08 Å². The largest absolute Gasteiger partial charge is 0.294 e. The second kappa shape index (κ2) is 3.69. The van der Waals surface area contributed by atoms with E-state index in [0.29, 0.717) is 5.78 Å². The molecule has 0 radical (unpaired) electrons. The van der Waals surface area contributed by atoms with Crippen molar-refractivity contribution in [2.45, 2.75) is 46.5 Å². The van der Waals surface area contributed by atoms with E-state index in [1.54, 1.807) is 0 Å². The van der Waals surface area contributed by atoms with Gasteiger partial charge in [0.1, 0.15) is 0 Å². The summed E-state index contributed by atoms with van der Waals surface area (Å²) in [6.45, 7) is 6.90. The molecule has 1 saturated carbocycles. The van der Waals surface area contributed by atoms with Gasteiger partial charge in [-0.15, -0.1) is 0 Å². The summed E-state index contributed by atoms with van der Waals surface area (Å²) in [7, 11) is 0. The van der Waals surface area contributed by atoms with Crippen molar-refractivity contribution >= 4 is 5.78 Å². The monoisotopic (exact) mass is 242 g/mol. The molecule has 1 nitrogen and oxygen atoms in total. The molecule has 3 rings (SSSR count). The minimum atomic E-state index is 0.0688. The zero-order chi connectivity index (χ0) is 13.0. The van der Waals surface area contributed by atoms with E-state index in [9.17, 15) is 4.79 Å². The fourth-order valence-electron chi connectivity index (χ4n) is 4.36. The number of carbonyl (C=O) groups excluding carboxylic acids is 1. The number of fused-ring (bicyclic) bond motifs is 1. The summed E-state index contributed by atoms with van der Waals surface area (Å²) < 4.78 is 0. The second-order valence-electron chi connectivity index (χ2n) is 6.89. The molecule has 0 aromatic heterocycles. The van der Waals surface area contributed by atoms with Gasteiger partial charge in [-0.1, -0.05) is 51.0 Å². The molecule has 0 spiro atoms. The molecule has 3 aliphatic rings. The summed E-state index contributed by atoms with van der Waals surface area (Å²) in [6, 6.07) is 0. The van der Waals surface area contributed by atoms with Gasteiger partial charge in [0.25, 0.3) is 0 Å². The predicted octanol–water partition coefficient (Wildman–Crippen LogP) is 4.21. The van der Waals surface area contributed by atoms with Gasteiger partial charge in [-0.3, -0.25) is 4.79 Å². The molecule has 3 aliphatic carbocycles. The number of allylic oxidation sites excluding steroid dienone is 6. The van der Waals surface area contributed by atoms with Crippen LogP contribution in [0.15, 0.2) is 35.5 Å². The zero-order valence-electron chi connectivity index (χ0n) is 11.6. The Hall–Kier alpha value is -1.11. The van der Waals surface area contributed by atoms with E-state index in [4.69, 9.17) is 0 Å². The smallest absolute Gasteiger partial charge is 0.163 e. The Morgan fingerprint density at radius 2 is 2.00 bits per heavy atom. The molecule has 2 atom stereocenters. The molecule has 0 bridgehead atoms. The van der Waals surface area contributed by atoms with Crippen molar-refractivity contribution in [1.82, 2.24) is 0 Å². The standard InChI is InChI=1S/C17H22O/c1-16(2)9-6-10-17(3)14(16)11-13(18)15(17)12-7-4-5-8-12/h4,7-8,11,15H,5-6,9-10H2,1-3H3/t15-,17-/m1/s1. The molecule has 0 aliphatic heterocycles. The Bertz CT molecular complexity index is 490. The first-order chi connectivity index (χ1) is 8.45. The van der Waals surface area contributed by atoms with Crippen LogP contribution in [0.5, 0.6) is 0 Å². The first kappa shape index (κ1) is 12.0. The lowest BCUT2D eigenvalue weighted by Crippen LogP contribution is -2.38. The van der Waals surface area contributed by atoms with Crippen molar-refractivity contribution in [1.29, 1.82) is 0 Å². The van der Waals surface area contributed by atoms with Crippen LogP contribution in [0.4, 0.5) is 0 Å². The average molecular weight is 242 g/mol. The van der Waals surface area contributed by atoms with Crippen LogP contribution in [0, 0.1) is 16.7 Å². The van der Waals surface area contributed by atoms with Gasteiger partial charge in [0.2, 0.25) is 0 Å². The molecule has 1 fully saturated rings. The predicted molar refractivity (Wildman–Crippen MR) is 74.2 cm³/mol. The number of hydrogen-bond acceptors (Lipinski definition) is 1. The molecule has 18 heavy (non-hydrogen) atoms. The van der Waals surface area contributed by atoms with Gasteiger partial charge >= 0.3 is 0 Å². The highest BCUT2D eigenvalue weighted by molar-refractivity contribution is 5.99. The van der Waals surface area contributed by atoms with E-state index in [1.165, 1.54) is 24.0 Å². The number of rotatable bonds is 1. The molecule has 0 heterocycles. The molecule has 0 amide bonds. The third kappa shape index (κ3) is 1.49. The fourth-order valence-corrected chi connectivity index (χ4v) is 4.36. The Morgan fingerprint density at radius 3 is 2.67 bits per heavy atom. The van der Waals surface area contributed by atoms with E-state index in [-0.39, 0.29) is 16.7 Å². The van der Waals surface area contributed by atoms with Crippen molar-refractivity contribution in [2.24, 2.45) is 16.7 Å². The van der Waals surface area contributed by atoms with Crippen LogP contribution < -0.4 is 0 Å². The quantitative estimate of drug-likeness (QED) is 0.673. The number of carbonyl (C=O) groups is 1. The van der Waals surface area contributed by atoms with Gasteiger partial charge in [-0.2, -0.15) is 0 Å². The molecule has 0 saturated heterocycles. The maximum absolute atomic E-state index is 12.5. The van der Waals surface area contributed by atoms with Crippen LogP contribution in [0.1, 0.15) is 46.5 Å². The van der Waals surface area contributed by atoms with Gasteiger partial charge in [0, 0.05) is 5.41 Å². The molecular weight excluding hydrogens is 220 g/mol. The molecule has 1 heteroatoms. The van der Waals surface area contributed by atoms with Gasteiger partial charge in [-0.25, -0.2) is 0 Å². The normalized spacial score (nSPS) is 37.5. The topological polar surface area (TPSA) is 17.1 Å². The SMILES string of the molecule is CC1(C)CCC[C@]2(C)C1=CC(=O)[C@H]2C1=CCC=C1. The fraction of sp³-hybridized carbons (Fsp3) is 0.588. The van der Waals surface area contributed by atoms with Crippen molar-refractivity contribution < 1.29 is 4.79 Å². The van der Waals surface area contributed by atoms with Gasteiger partial charge in [0.15, 0.2) is 5.78 Å². The Morgan fingerprint density at radius 1 is 1.22 bits per heavy atom. The van der Waals surface area contributed by atoms with Crippen LogP contribution in [0.3, 0.4) is 0 Å². The Labute approximate surface area is 110 Å². The maximum Gasteiger partial charge on any atom is 0.163 e. The summed E-state index contributed by atoms with van der Waals surface area (Å²) in [4.78, 5) is 12.5. The first-order valence-corrected chi connectivity index (χ1v) is 7.08.